The summed E-state index contributed by atoms with van der Waals surface area (Å²) in [6.45, 7) is 0.693. The molecular formula is C14H19N3O2. The SMILES string of the molecule is O=C(NCCc1ccccn1)N[C@@H]1C=C[C@H](CO)C1. The third kappa shape index (κ3) is 4.37. The van der Waals surface area contributed by atoms with Crippen LogP contribution in [0.15, 0.2) is 36.5 Å². The van der Waals surface area contributed by atoms with Gasteiger partial charge in [-0.2, -0.15) is 0 Å². The van der Waals surface area contributed by atoms with E-state index in [1.807, 2.05) is 30.4 Å². The number of aliphatic hydroxyl groups is 1. The first-order valence-electron chi connectivity index (χ1n) is 6.51. The van der Waals surface area contributed by atoms with Gasteiger partial charge in [-0.3, -0.25) is 4.98 Å². The summed E-state index contributed by atoms with van der Waals surface area (Å²) >= 11 is 0. The number of hydrogen-bond acceptors (Lipinski definition) is 3. The smallest absolute Gasteiger partial charge is 0.315 e. The van der Waals surface area contributed by atoms with Crippen LogP contribution in [0.1, 0.15) is 12.1 Å². The van der Waals surface area contributed by atoms with Crippen LogP contribution in [0, 0.1) is 5.92 Å². The molecule has 102 valence electrons. The normalized spacial score (nSPS) is 21.3. The maximum Gasteiger partial charge on any atom is 0.315 e. The van der Waals surface area contributed by atoms with E-state index in [1.54, 1.807) is 6.20 Å². The van der Waals surface area contributed by atoms with Gasteiger partial charge >= 0.3 is 6.03 Å². The lowest BCUT2D eigenvalue weighted by Gasteiger charge is -2.13. The standard InChI is InChI=1S/C14H19N3O2/c18-10-11-4-5-13(9-11)17-14(19)16-8-6-12-3-1-2-7-15-12/h1-5,7,11,13,18H,6,8-10H2,(H2,16,17,19)/t11-,13+/m0/s1. The maximum atomic E-state index is 11.6. The van der Waals surface area contributed by atoms with Crippen molar-refractivity contribution in [3.05, 3.63) is 42.2 Å². The number of nitrogens with one attached hydrogen (secondary N) is 2. The Hall–Kier alpha value is -1.88. The first-order chi connectivity index (χ1) is 9.28. The summed E-state index contributed by atoms with van der Waals surface area (Å²) in [4.78, 5) is 15.8. The lowest BCUT2D eigenvalue weighted by molar-refractivity contribution is 0.231. The van der Waals surface area contributed by atoms with Gasteiger partial charge in [-0.25, -0.2) is 4.79 Å². The number of rotatable bonds is 5. The molecule has 0 fully saturated rings. The molecule has 3 N–H and O–H groups in total. The minimum absolute atomic E-state index is 0.0204. The van der Waals surface area contributed by atoms with Crippen LogP contribution >= 0.6 is 0 Å². The predicted molar refractivity (Wildman–Crippen MR) is 72.6 cm³/mol. The number of aromatic nitrogens is 1. The van der Waals surface area contributed by atoms with Gasteiger partial charge in [0.15, 0.2) is 0 Å². The fourth-order valence-electron chi connectivity index (χ4n) is 2.09. The average molecular weight is 261 g/mol. The highest BCUT2D eigenvalue weighted by molar-refractivity contribution is 5.74. The Balaban J connectivity index is 1.64. The van der Waals surface area contributed by atoms with Crippen molar-refractivity contribution in [3.63, 3.8) is 0 Å². The molecule has 0 saturated heterocycles. The first-order valence-corrected chi connectivity index (χ1v) is 6.51. The molecule has 2 atom stereocenters. The second-order valence-corrected chi connectivity index (χ2v) is 4.64. The molecule has 2 rings (SSSR count). The van der Waals surface area contributed by atoms with Gasteiger partial charge in [0.25, 0.3) is 0 Å². The van der Waals surface area contributed by atoms with Crippen LogP contribution in [-0.4, -0.2) is 35.3 Å². The van der Waals surface area contributed by atoms with Crippen molar-refractivity contribution in [2.45, 2.75) is 18.9 Å². The number of urea groups is 1. The summed E-state index contributed by atoms with van der Waals surface area (Å²) in [5.74, 6) is 0.166. The summed E-state index contributed by atoms with van der Waals surface area (Å²) in [6, 6.07) is 5.58. The molecule has 0 bridgehead atoms. The molecule has 1 heterocycles. The van der Waals surface area contributed by atoms with E-state index in [0.717, 1.165) is 12.1 Å². The second-order valence-electron chi connectivity index (χ2n) is 4.64. The number of carbonyl (C=O) groups is 1. The van der Waals surface area contributed by atoms with E-state index < -0.39 is 0 Å². The molecule has 0 aliphatic heterocycles. The van der Waals surface area contributed by atoms with Crippen LogP contribution < -0.4 is 10.6 Å². The second kappa shape index (κ2) is 6.89. The van der Waals surface area contributed by atoms with E-state index in [1.165, 1.54) is 0 Å². The van der Waals surface area contributed by atoms with Crippen LogP contribution in [0.4, 0.5) is 4.79 Å². The Kier molecular flexibility index (Phi) is 4.92. The van der Waals surface area contributed by atoms with Gasteiger partial charge in [-0.1, -0.05) is 18.2 Å². The zero-order valence-electron chi connectivity index (χ0n) is 10.7. The number of amides is 2. The van der Waals surface area contributed by atoms with E-state index in [0.29, 0.717) is 13.0 Å². The molecule has 0 saturated carbocycles. The van der Waals surface area contributed by atoms with Gasteiger partial charge in [0.05, 0.1) is 0 Å². The summed E-state index contributed by atoms with van der Waals surface area (Å²) in [5.41, 5.74) is 0.962. The van der Waals surface area contributed by atoms with Gasteiger partial charge in [0.2, 0.25) is 0 Å². The number of aliphatic hydroxyl groups excluding tert-OH is 1. The van der Waals surface area contributed by atoms with Crippen molar-refractivity contribution in [3.8, 4) is 0 Å². The lowest BCUT2D eigenvalue weighted by atomic mass is 10.1. The van der Waals surface area contributed by atoms with E-state index in [4.69, 9.17) is 5.11 Å². The first kappa shape index (κ1) is 13.5. The molecule has 0 radical (unpaired) electrons. The Labute approximate surface area is 112 Å². The Morgan fingerprint density at radius 3 is 3.00 bits per heavy atom. The quantitative estimate of drug-likeness (QED) is 0.688. The van der Waals surface area contributed by atoms with E-state index in [2.05, 4.69) is 15.6 Å². The van der Waals surface area contributed by atoms with Crippen LogP contribution in [0.5, 0.6) is 0 Å². The highest BCUT2D eigenvalue weighted by Crippen LogP contribution is 2.16. The molecule has 0 unspecified atom stereocenters. The van der Waals surface area contributed by atoms with Crippen molar-refractivity contribution >= 4 is 6.03 Å². The monoisotopic (exact) mass is 261 g/mol. The van der Waals surface area contributed by atoms with Crippen molar-refractivity contribution in [2.75, 3.05) is 13.2 Å². The number of nitrogens with zero attached hydrogens (tertiary/aromatic N) is 1. The highest BCUT2D eigenvalue weighted by Gasteiger charge is 2.19. The summed E-state index contributed by atoms with van der Waals surface area (Å²) < 4.78 is 0. The van der Waals surface area contributed by atoms with Crippen LogP contribution in [0.2, 0.25) is 0 Å². The van der Waals surface area contributed by atoms with Crippen LogP contribution in [-0.2, 0) is 6.42 Å². The minimum atomic E-state index is -0.177. The topological polar surface area (TPSA) is 74.2 Å². The fourth-order valence-corrected chi connectivity index (χ4v) is 2.09. The van der Waals surface area contributed by atoms with Crippen LogP contribution in [0.25, 0.3) is 0 Å². The molecule has 5 nitrogen and oxygen atoms in total. The zero-order chi connectivity index (χ0) is 13.5. The fraction of sp³-hybridized carbons (Fsp3) is 0.429. The molecule has 1 aliphatic carbocycles. The molecule has 0 aromatic carbocycles. The number of hydrogen-bond donors (Lipinski definition) is 3. The summed E-state index contributed by atoms with van der Waals surface area (Å²) in [7, 11) is 0. The predicted octanol–water partition coefficient (Wildman–Crippen LogP) is 0.860. The number of carbonyl (C=O) groups excluding carboxylic acids is 1. The summed E-state index contributed by atoms with van der Waals surface area (Å²) in [5, 5.41) is 14.7. The van der Waals surface area contributed by atoms with Gasteiger partial charge < -0.3 is 15.7 Å². The highest BCUT2D eigenvalue weighted by atomic mass is 16.3. The average Bonchev–Trinajstić information content (AvgIpc) is 2.87. The van der Waals surface area contributed by atoms with Crippen molar-refractivity contribution in [2.24, 2.45) is 5.92 Å². The molecule has 19 heavy (non-hydrogen) atoms. The van der Waals surface area contributed by atoms with Crippen molar-refractivity contribution in [1.29, 1.82) is 0 Å². The molecule has 2 amide bonds. The maximum absolute atomic E-state index is 11.6. The van der Waals surface area contributed by atoms with Gasteiger partial charge in [0, 0.05) is 43.4 Å². The molecule has 1 aliphatic rings. The van der Waals surface area contributed by atoms with E-state index >= 15 is 0 Å². The lowest BCUT2D eigenvalue weighted by Crippen LogP contribution is -2.41. The molecule has 0 spiro atoms. The van der Waals surface area contributed by atoms with Gasteiger partial charge in [-0.05, 0) is 18.6 Å². The molecule has 1 aromatic rings. The Morgan fingerprint density at radius 2 is 2.32 bits per heavy atom. The Bertz CT molecular complexity index is 434. The summed E-state index contributed by atoms with van der Waals surface area (Å²) in [6.07, 6.45) is 7.10. The van der Waals surface area contributed by atoms with Crippen molar-refractivity contribution in [1.82, 2.24) is 15.6 Å². The number of pyridine rings is 1. The Morgan fingerprint density at radius 1 is 1.42 bits per heavy atom. The van der Waals surface area contributed by atoms with Crippen molar-refractivity contribution < 1.29 is 9.90 Å². The largest absolute Gasteiger partial charge is 0.396 e. The molecule has 5 heteroatoms. The minimum Gasteiger partial charge on any atom is -0.396 e. The molecular weight excluding hydrogens is 242 g/mol. The van der Waals surface area contributed by atoms with Gasteiger partial charge in [0.1, 0.15) is 0 Å². The zero-order valence-corrected chi connectivity index (χ0v) is 10.7. The third-order valence-electron chi connectivity index (χ3n) is 3.12. The third-order valence-corrected chi connectivity index (χ3v) is 3.12. The molecule has 1 aromatic heterocycles. The van der Waals surface area contributed by atoms with E-state index in [9.17, 15) is 4.79 Å². The van der Waals surface area contributed by atoms with Gasteiger partial charge in [-0.15, -0.1) is 0 Å². The van der Waals surface area contributed by atoms with E-state index in [-0.39, 0.29) is 24.6 Å². The van der Waals surface area contributed by atoms with Crippen LogP contribution in [0.3, 0.4) is 0 Å².